The summed E-state index contributed by atoms with van der Waals surface area (Å²) >= 11 is 1.27. The van der Waals surface area contributed by atoms with Crippen molar-refractivity contribution in [3.8, 4) is 0 Å². The van der Waals surface area contributed by atoms with Gasteiger partial charge in [-0.3, -0.25) is 4.79 Å². The van der Waals surface area contributed by atoms with Crippen LogP contribution in [0.25, 0.3) is 0 Å². The number of benzene rings is 1. The number of hydrogen-bond donors (Lipinski definition) is 0. The molecule has 1 aromatic heterocycles. The van der Waals surface area contributed by atoms with Crippen molar-refractivity contribution in [3.63, 3.8) is 0 Å². The van der Waals surface area contributed by atoms with Crippen LogP contribution < -0.4 is 0 Å². The molecule has 1 heterocycles. The lowest BCUT2D eigenvalue weighted by Crippen LogP contribution is -2.32. The smallest absolute Gasteiger partial charge is 0.357 e. The van der Waals surface area contributed by atoms with Crippen LogP contribution in [-0.2, 0) is 16.0 Å². The Hall–Kier alpha value is -2.32. The van der Waals surface area contributed by atoms with Crippen LogP contribution in [0.1, 0.15) is 32.3 Å². The van der Waals surface area contributed by atoms with E-state index in [9.17, 15) is 14.0 Å². The third-order valence-electron chi connectivity index (χ3n) is 3.41. The van der Waals surface area contributed by atoms with Crippen LogP contribution in [0.4, 0.5) is 4.39 Å². The lowest BCUT2D eigenvalue weighted by Gasteiger charge is -2.21. The van der Waals surface area contributed by atoms with Gasteiger partial charge in [0, 0.05) is 31.2 Å². The quantitative estimate of drug-likeness (QED) is 0.531. The lowest BCUT2D eigenvalue weighted by atomic mass is 10.2. The zero-order valence-corrected chi connectivity index (χ0v) is 14.8. The van der Waals surface area contributed by atoms with Gasteiger partial charge in [0.25, 0.3) is 5.91 Å². The average molecular weight is 366 g/mol. The molecule has 134 valence electrons. The van der Waals surface area contributed by atoms with E-state index in [1.165, 1.54) is 36.6 Å². The van der Waals surface area contributed by atoms with E-state index in [1.807, 2.05) is 0 Å². The van der Waals surface area contributed by atoms with Crippen LogP contribution in [0, 0.1) is 5.82 Å². The van der Waals surface area contributed by atoms with E-state index in [2.05, 4.69) is 9.72 Å². The van der Waals surface area contributed by atoms with Crippen LogP contribution in [0.3, 0.4) is 0 Å². The largest absolute Gasteiger partial charge is 0.464 e. The normalized spacial score (nSPS) is 10.5. The number of esters is 1. The zero-order valence-electron chi connectivity index (χ0n) is 14.0. The molecule has 0 aliphatic heterocycles. The SMILES string of the molecule is COCCCN(Cc1nc(C(=O)OC)cs1)C(=O)c1cccc(F)c1. The molecule has 2 aromatic rings. The van der Waals surface area contributed by atoms with E-state index in [-0.39, 0.29) is 23.7 Å². The van der Waals surface area contributed by atoms with E-state index in [0.717, 1.165) is 0 Å². The molecular weight excluding hydrogens is 347 g/mol. The Morgan fingerprint density at radius 1 is 1.32 bits per heavy atom. The van der Waals surface area contributed by atoms with Crippen molar-refractivity contribution in [1.29, 1.82) is 0 Å². The predicted octanol–water partition coefficient (Wildman–Crippen LogP) is 2.75. The van der Waals surface area contributed by atoms with Gasteiger partial charge in [-0.15, -0.1) is 11.3 Å². The van der Waals surface area contributed by atoms with Gasteiger partial charge in [-0.25, -0.2) is 14.2 Å². The Morgan fingerprint density at radius 2 is 2.12 bits per heavy atom. The second-order valence-corrected chi connectivity index (χ2v) is 6.14. The van der Waals surface area contributed by atoms with E-state index in [0.29, 0.717) is 24.6 Å². The number of hydrogen-bond acceptors (Lipinski definition) is 6. The maximum Gasteiger partial charge on any atom is 0.357 e. The molecule has 0 saturated heterocycles. The Bertz CT molecular complexity index is 735. The second-order valence-electron chi connectivity index (χ2n) is 5.20. The first-order valence-corrected chi connectivity index (χ1v) is 8.49. The molecule has 0 bridgehead atoms. The van der Waals surface area contributed by atoms with Gasteiger partial charge in [-0.1, -0.05) is 6.07 Å². The summed E-state index contributed by atoms with van der Waals surface area (Å²) in [5.74, 6) is -1.29. The molecule has 0 saturated carbocycles. The third-order valence-corrected chi connectivity index (χ3v) is 4.24. The Labute approximate surface area is 149 Å². The summed E-state index contributed by atoms with van der Waals surface area (Å²) in [6.45, 7) is 1.15. The highest BCUT2D eigenvalue weighted by molar-refractivity contribution is 7.09. The summed E-state index contributed by atoms with van der Waals surface area (Å²) in [6, 6.07) is 5.55. The van der Waals surface area contributed by atoms with E-state index < -0.39 is 11.8 Å². The molecule has 0 unspecified atom stereocenters. The van der Waals surface area contributed by atoms with Crippen molar-refractivity contribution in [2.24, 2.45) is 0 Å². The number of ether oxygens (including phenoxy) is 2. The van der Waals surface area contributed by atoms with Gasteiger partial charge in [0.05, 0.1) is 13.7 Å². The Balaban J connectivity index is 2.16. The van der Waals surface area contributed by atoms with Gasteiger partial charge < -0.3 is 14.4 Å². The zero-order chi connectivity index (χ0) is 18.2. The summed E-state index contributed by atoms with van der Waals surface area (Å²) in [6.07, 6.45) is 0.632. The predicted molar refractivity (Wildman–Crippen MR) is 91.1 cm³/mol. The van der Waals surface area contributed by atoms with Crippen LogP contribution in [-0.4, -0.2) is 49.1 Å². The first-order chi connectivity index (χ1) is 12.0. The molecule has 0 radical (unpaired) electrons. The number of methoxy groups -OCH3 is 2. The van der Waals surface area contributed by atoms with E-state index >= 15 is 0 Å². The monoisotopic (exact) mass is 366 g/mol. The Morgan fingerprint density at radius 3 is 2.80 bits per heavy atom. The van der Waals surface area contributed by atoms with Gasteiger partial charge in [0.15, 0.2) is 5.69 Å². The maximum absolute atomic E-state index is 13.4. The highest BCUT2D eigenvalue weighted by atomic mass is 32.1. The van der Waals surface area contributed by atoms with Crippen LogP contribution in [0.2, 0.25) is 0 Å². The average Bonchev–Trinajstić information content (AvgIpc) is 3.08. The van der Waals surface area contributed by atoms with Gasteiger partial charge in [-0.05, 0) is 24.6 Å². The van der Waals surface area contributed by atoms with Crippen LogP contribution >= 0.6 is 11.3 Å². The number of thiazole rings is 1. The highest BCUT2D eigenvalue weighted by Gasteiger charge is 2.19. The molecular formula is C17H19FN2O4S. The maximum atomic E-state index is 13.4. The molecule has 6 nitrogen and oxygen atoms in total. The lowest BCUT2D eigenvalue weighted by molar-refractivity contribution is 0.0594. The summed E-state index contributed by atoms with van der Waals surface area (Å²) in [4.78, 5) is 29.9. The van der Waals surface area contributed by atoms with Crippen molar-refractivity contribution in [3.05, 3.63) is 51.7 Å². The fourth-order valence-electron chi connectivity index (χ4n) is 2.20. The fourth-order valence-corrected chi connectivity index (χ4v) is 2.98. The molecule has 0 N–H and O–H groups in total. The number of carbonyl (C=O) groups excluding carboxylic acids is 2. The molecule has 1 aromatic carbocycles. The molecule has 8 heteroatoms. The van der Waals surface area contributed by atoms with Gasteiger partial charge in [0.2, 0.25) is 0 Å². The fraction of sp³-hybridized carbons (Fsp3) is 0.353. The first kappa shape index (κ1) is 19.0. The minimum atomic E-state index is -0.523. The number of rotatable bonds is 8. The number of halogens is 1. The van der Waals surface area contributed by atoms with E-state index in [4.69, 9.17) is 4.74 Å². The minimum Gasteiger partial charge on any atom is -0.464 e. The molecule has 0 atom stereocenters. The standard InChI is InChI=1S/C17H19FN2O4S/c1-23-8-4-7-20(16(21)12-5-3-6-13(18)9-12)10-15-19-14(11-25-15)17(22)24-2/h3,5-6,9,11H,4,7-8,10H2,1-2H3. The topological polar surface area (TPSA) is 68.7 Å². The Kier molecular flexibility index (Phi) is 7.03. The van der Waals surface area contributed by atoms with Crippen LogP contribution in [0.15, 0.2) is 29.6 Å². The number of carbonyl (C=O) groups is 2. The molecule has 1 amide bonds. The molecule has 0 fully saturated rings. The van der Waals surface area contributed by atoms with Crippen molar-refractivity contribution >= 4 is 23.2 Å². The van der Waals surface area contributed by atoms with Crippen molar-refractivity contribution in [2.75, 3.05) is 27.4 Å². The molecule has 0 aliphatic carbocycles. The molecule has 0 spiro atoms. The first-order valence-electron chi connectivity index (χ1n) is 7.61. The summed E-state index contributed by atoms with van der Waals surface area (Å²) in [5, 5.41) is 2.18. The van der Waals surface area contributed by atoms with Gasteiger partial charge in [0.1, 0.15) is 10.8 Å². The van der Waals surface area contributed by atoms with Crippen molar-refractivity contribution in [1.82, 2.24) is 9.88 Å². The van der Waals surface area contributed by atoms with Gasteiger partial charge >= 0.3 is 5.97 Å². The second kappa shape index (κ2) is 9.24. The van der Waals surface area contributed by atoms with E-state index in [1.54, 1.807) is 23.5 Å². The minimum absolute atomic E-state index is 0.206. The summed E-state index contributed by atoms with van der Waals surface area (Å²) in [7, 11) is 2.87. The molecule has 25 heavy (non-hydrogen) atoms. The van der Waals surface area contributed by atoms with Crippen molar-refractivity contribution < 1.29 is 23.5 Å². The summed E-state index contributed by atoms with van der Waals surface area (Å²) < 4.78 is 23.1. The molecule has 0 aliphatic rings. The summed E-state index contributed by atoms with van der Waals surface area (Å²) in [5.41, 5.74) is 0.472. The van der Waals surface area contributed by atoms with Crippen molar-refractivity contribution in [2.45, 2.75) is 13.0 Å². The molecule has 2 rings (SSSR count). The van der Waals surface area contributed by atoms with Gasteiger partial charge in [-0.2, -0.15) is 0 Å². The number of amides is 1. The number of aromatic nitrogens is 1. The number of nitrogens with zero attached hydrogens (tertiary/aromatic N) is 2. The highest BCUT2D eigenvalue weighted by Crippen LogP contribution is 2.16. The third kappa shape index (κ3) is 5.33. The van der Waals surface area contributed by atoms with Crippen LogP contribution in [0.5, 0.6) is 0 Å².